The summed E-state index contributed by atoms with van der Waals surface area (Å²) in [6, 6.07) is 23.6. The Balaban J connectivity index is 1.65. The number of alkyl halides is 2. The Morgan fingerprint density at radius 2 is 1.60 bits per heavy atom. The van der Waals surface area contributed by atoms with E-state index < -0.39 is 12.7 Å². The summed E-state index contributed by atoms with van der Waals surface area (Å²) in [6.07, 6.45) is 0. The van der Waals surface area contributed by atoms with Crippen molar-refractivity contribution in [1.29, 1.82) is 0 Å². The molecule has 0 aliphatic carbocycles. The second-order valence-electron chi connectivity index (χ2n) is 7.01. The van der Waals surface area contributed by atoms with E-state index in [0.717, 1.165) is 22.4 Å². The maximum atomic E-state index is 12.8. The molecule has 156 valence electrons. The molecule has 0 bridgehead atoms. The van der Waals surface area contributed by atoms with Crippen molar-refractivity contribution >= 4 is 11.6 Å². The highest BCUT2D eigenvalue weighted by Crippen LogP contribution is 2.27. The smallest absolute Gasteiger partial charge is 0.387 e. The van der Waals surface area contributed by atoms with E-state index in [0.29, 0.717) is 6.54 Å². The van der Waals surface area contributed by atoms with Gasteiger partial charge in [-0.3, -0.25) is 9.69 Å². The predicted molar refractivity (Wildman–Crippen MR) is 115 cm³/mol. The third-order valence-corrected chi connectivity index (χ3v) is 4.89. The summed E-state index contributed by atoms with van der Waals surface area (Å²) < 4.78 is 28.9. The first-order valence-corrected chi connectivity index (χ1v) is 9.63. The van der Waals surface area contributed by atoms with Gasteiger partial charge >= 0.3 is 6.61 Å². The maximum absolute atomic E-state index is 12.8. The molecule has 30 heavy (non-hydrogen) atoms. The van der Waals surface area contributed by atoms with Crippen LogP contribution in [0.15, 0.2) is 78.9 Å². The number of hydrogen-bond acceptors (Lipinski definition) is 3. The molecule has 6 heteroatoms. The Bertz CT molecular complexity index is 962. The lowest BCUT2D eigenvalue weighted by Crippen LogP contribution is -2.39. The number of nitrogens with zero attached hydrogens (tertiary/aromatic N) is 1. The van der Waals surface area contributed by atoms with Crippen LogP contribution in [0.25, 0.3) is 11.1 Å². The Labute approximate surface area is 175 Å². The fourth-order valence-electron chi connectivity index (χ4n) is 3.10. The van der Waals surface area contributed by atoms with Crippen LogP contribution in [0.1, 0.15) is 12.5 Å². The lowest BCUT2D eigenvalue weighted by molar-refractivity contribution is -0.120. The standard InChI is InChI=1S/C24H24F2N2O2/c1-17(28(2)16-18-12-14-20(15-13-18)30-24(25)26)23(29)27-22-11-7-6-10-21(22)19-8-4-3-5-9-19/h3-15,17,24H,16H2,1-2H3,(H,27,29). The molecule has 0 saturated carbocycles. The first-order valence-electron chi connectivity index (χ1n) is 9.63. The highest BCUT2D eigenvalue weighted by Gasteiger charge is 2.19. The highest BCUT2D eigenvalue weighted by molar-refractivity contribution is 5.98. The van der Waals surface area contributed by atoms with Crippen LogP contribution in [0.2, 0.25) is 0 Å². The van der Waals surface area contributed by atoms with Crippen LogP contribution in [-0.4, -0.2) is 30.5 Å². The number of carbonyl (C=O) groups excluding carboxylic acids is 1. The molecule has 1 N–H and O–H groups in total. The second-order valence-corrected chi connectivity index (χ2v) is 7.01. The van der Waals surface area contributed by atoms with Gasteiger partial charge in [0.05, 0.1) is 6.04 Å². The molecule has 3 aromatic rings. The summed E-state index contributed by atoms with van der Waals surface area (Å²) in [5, 5.41) is 3.02. The molecule has 3 aromatic carbocycles. The number of nitrogens with one attached hydrogen (secondary N) is 1. The van der Waals surface area contributed by atoms with Gasteiger partial charge in [0.25, 0.3) is 0 Å². The molecule has 4 nitrogen and oxygen atoms in total. The lowest BCUT2D eigenvalue weighted by atomic mass is 10.0. The van der Waals surface area contributed by atoms with Crippen LogP contribution >= 0.6 is 0 Å². The summed E-state index contributed by atoms with van der Waals surface area (Å²) in [6.45, 7) is -0.528. The molecular weight excluding hydrogens is 386 g/mol. The van der Waals surface area contributed by atoms with Gasteiger partial charge in [0.1, 0.15) is 5.75 Å². The van der Waals surface area contributed by atoms with Crippen molar-refractivity contribution < 1.29 is 18.3 Å². The van der Waals surface area contributed by atoms with Gasteiger partial charge in [0.15, 0.2) is 0 Å². The van der Waals surface area contributed by atoms with Gasteiger partial charge in [-0.2, -0.15) is 8.78 Å². The van der Waals surface area contributed by atoms with Crippen molar-refractivity contribution in [2.75, 3.05) is 12.4 Å². The molecular formula is C24H24F2N2O2. The summed E-state index contributed by atoms with van der Waals surface area (Å²) in [4.78, 5) is 14.7. The van der Waals surface area contributed by atoms with Crippen molar-refractivity contribution in [2.45, 2.75) is 26.1 Å². The quantitative estimate of drug-likeness (QED) is 0.540. The van der Waals surface area contributed by atoms with Gasteiger partial charge < -0.3 is 10.1 Å². The maximum Gasteiger partial charge on any atom is 0.387 e. The minimum atomic E-state index is -2.85. The molecule has 0 spiro atoms. The van der Waals surface area contributed by atoms with Crippen molar-refractivity contribution in [3.8, 4) is 16.9 Å². The summed E-state index contributed by atoms with van der Waals surface area (Å²) in [7, 11) is 1.84. The molecule has 0 radical (unpaired) electrons. The number of ether oxygens (including phenoxy) is 1. The number of benzene rings is 3. The average molecular weight is 410 g/mol. The molecule has 0 aromatic heterocycles. The zero-order valence-electron chi connectivity index (χ0n) is 16.9. The molecule has 3 rings (SSSR count). The van der Waals surface area contributed by atoms with Crippen LogP contribution in [0.4, 0.5) is 14.5 Å². The zero-order chi connectivity index (χ0) is 21.5. The normalized spacial score (nSPS) is 12.1. The topological polar surface area (TPSA) is 41.6 Å². The van der Waals surface area contributed by atoms with Crippen molar-refractivity contribution in [3.63, 3.8) is 0 Å². The Kier molecular flexibility index (Phi) is 7.14. The lowest BCUT2D eigenvalue weighted by Gasteiger charge is -2.24. The average Bonchev–Trinajstić information content (AvgIpc) is 2.75. The van der Waals surface area contributed by atoms with Gasteiger partial charge in [-0.25, -0.2) is 0 Å². The Hall–Kier alpha value is -3.25. The molecule has 0 aliphatic rings. The molecule has 0 fully saturated rings. The zero-order valence-corrected chi connectivity index (χ0v) is 16.9. The molecule has 0 heterocycles. The molecule has 0 aliphatic heterocycles. The fraction of sp³-hybridized carbons (Fsp3) is 0.208. The molecule has 1 amide bonds. The first kappa shape index (κ1) is 21.5. The minimum absolute atomic E-state index is 0.111. The van der Waals surface area contributed by atoms with Gasteiger partial charge in [-0.05, 0) is 43.3 Å². The first-order chi connectivity index (χ1) is 14.4. The van der Waals surface area contributed by atoms with E-state index in [1.165, 1.54) is 12.1 Å². The van der Waals surface area contributed by atoms with Crippen LogP contribution in [-0.2, 0) is 11.3 Å². The van der Waals surface area contributed by atoms with Gasteiger partial charge in [0, 0.05) is 17.8 Å². The third kappa shape index (κ3) is 5.64. The number of hydrogen-bond donors (Lipinski definition) is 1. The predicted octanol–water partition coefficient (Wildman–Crippen LogP) is 5.41. The van der Waals surface area contributed by atoms with Crippen molar-refractivity contribution in [2.24, 2.45) is 0 Å². The molecule has 1 unspecified atom stereocenters. The third-order valence-electron chi connectivity index (χ3n) is 4.89. The number of anilines is 1. The number of halogens is 2. The summed E-state index contributed by atoms with van der Waals surface area (Å²) >= 11 is 0. The van der Waals surface area contributed by atoms with Gasteiger partial charge in [0.2, 0.25) is 5.91 Å². The van der Waals surface area contributed by atoms with Crippen LogP contribution < -0.4 is 10.1 Å². The van der Waals surface area contributed by atoms with Crippen LogP contribution in [0, 0.1) is 0 Å². The van der Waals surface area contributed by atoms with E-state index in [9.17, 15) is 13.6 Å². The van der Waals surface area contributed by atoms with Crippen molar-refractivity contribution in [1.82, 2.24) is 4.90 Å². The van der Waals surface area contributed by atoms with E-state index in [2.05, 4.69) is 10.1 Å². The summed E-state index contributed by atoms with van der Waals surface area (Å²) in [5.74, 6) is -0.0155. The fourth-order valence-corrected chi connectivity index (χ4v) is 3.10. The molecule has 0 saturated heterocycles. The Morgan fingerprint density at radius 3 is 2.27 bits per heavy atom. The van der Waals surface area contributed by atoms with Gasteiger partial charge in [-0.15, -0.1) is 0 Å². The van der Waals surface area contributed by atoms with E-state index in [1.807, 2.05) is 73.5 Å². The number of para-hydroxylation sites is 1. The van der Waals surface area contributed by atoms with Crippen LogP contribution in [0.5, 0.6) is 5.75 Å². The number of rotatable bonds is 8. The largest absolute Gasteiger partial charge is 0.435 e. The second kappa shape index (κ2) is 9.98. The van der Waals surface area contributed by atoms with Crippen molar-refractivity contribution in [3.05, 3.63) is 84.4 Å². The van der Waals surface area contributed by atoms with Crippen LogP contribution in [0.3, 0.4) is 0 Å². The highest BCUT2D eigenvalue weighted by atomic mass is 19.3. The Morgan fingerprint density at radius 1 is 0.967 bits per heavy atom. The molecule has 1 atom stereocenters. The number of amides is 1. The minimum Gasteiger partial charge on any atom is -0.435 e. The number of likely N-dealkylation sites (N-methyl/N-ethyl adjacent to an activating group) is 1. The van der Waals surface area contributed by atoms with E-state index in [1.54, 1.807) is 12.1 Å². The SMILES string of the molecule is CC(C(=O)Nc1ccccc1-c1ccccc1)N(C)Cc1ccc(OC(F)F)cc1. The van der Waals surface area contributed by atoms with Gasteiger partial charge in [-0.1, -0.05) is 60.7 Å². The van der Waals surface area contributed by atoms with E-state index in [4.69, 9.17) is 0 Å². The number of carbonyl (C=O) groups is 1. The summed E-state index contributed by atoms with van der Waals surface area (Å²) in [5.41, 5.74) is 3.63. The van der Waals surface area contributed by atoms with E-state index >= 15 is 0 Å². The van der Waals surface area contributed by atoms with E-state index in [-0.39, 0.29) is 11.7 Å². The monoisotopic (exact) mass is 410 g/mol.